The normalized spacial score (nSPS) is 14.8. The molecule has 0 spiro atoms. The fraction of sp³-hybridized carbons (Fsp3) is 0.250. The Kier molecular flexibility index (Phi) is 13.4. The summed E-state index contributed by atoms with van der Waals surface area (Å²) in [5, 5.41) is 8.39. The smallest absolute Gasteiger partial charge is 0.407 e. The van der Waals surface area contributed by atoms with Crippen LogP contribution in [0.15, 0.2) is 122 Å². The number of benzene rings is 4. The Labute approximate surface area is 359 Å². The number of imidazole rings is 2. The first kappa shape index (κ1) is 42.5. The average Bonchev–Trinajstić information content (AvgIpc) is 4.11. The van der Waals surface area contributed by atoms with Gasteiger partial charge in [0.1, 0.15) is 23.7 Å². The summed E-state index contributed by atoms with van der Waals surface area (Å²) in [6, 6.07) is 31.2. The number of carbonyl (C=O) groups excluding carboxylic acids is 4. The van der Waals surface area contributed by atoms with E-state index < -0.39 is 36.2 Å². The van der Waals surface area contributed by atoms with Crippen molar-refractivity contribution in [3.63, 3.8) is 0 Å². The second-order valence-electron chi connectivity index (χ2n) is 15.1. The van der Waals surface area contributed by atoms with Crippen molar-refractivity contribution >= 4 is 24.0 Å². The molecule has 5 N–H and O–H groups in total. The maximum absolute atomic E-state index is 13.9. The third-order valence-corrected chi connectivity index (χ3v) is 10.7. The summed E-state index contributed by atoms with van der Waals surface area (Å²) in [6.45, 7) is 4.51. The van der Waals surface area contributed by atoms with Gasteiger partial charge in [0.05, 0.1) is 50.1 Å². The molecule has 0 bridgehead atoms. The molecule has 316 valence electrons. The number of H-pyrrole nitrogens is 2. The Bertz CT molecular complexity index is 2460. The van der Waals surface area contributed by atoms with E-state index >= 15 is 0 Å². The minimum Gasteiger partial charge on any atom is -0.453 e. The van der Waals surface area contributed by atoms with Crippen LogP contribution in [0, 0.1) is 17.8 Å². The number of hydrogen-bond acceptors (Lipinski definition) is 8. The number of alkyl carbamates (subject to hydrolysis) is 2. The zero-order valence-electron chi connectivity index (χ0n) is 34.8. The molecule has 3 heterocycles. The molecule has 14 heteroatoms. The van der Waals surface area contributed by atoms with Gasteiger partial charge in [-0.2, -0.15) is 0 Å². The maximum atomic E-state index is 13.9. The number of carbonyl (C=O) groups is 4. The van der Waals surface area contributed by atoms with Crippen LogP contribution < -0.4 is 16.0 Å². The van der Waals surface area contributed by atoms with Crippen LogP contribution in [-0.4, -0.2) is 69.6 Å². The first-order valence-electron chi connectivity index (χ1n) is 20.3. The number of rotatable bonds is 12. The lowest BCUT2D eigenvalue weighted by Crippen LogP contribution is -2.43. The van der Waals surface area contributed by atoms with Crippen LogP contribution >= 0.6 is 0 Å². The summed E-state index contributed by atoms with van der Waals surface area (Å²) < 4.78 is 9.59. The van der Waals surface area contributed by atoms with E-state index in [1.54, 1.807) is 41.6 Å². The number of methoxy groups -OCH3 is 2. The molecule has 1 aliphatic heterocycles. The summed E-state index contributed by atoms with van der Waals surface area (Å²) >= 11 is 0. The van der Waals surface area contributed by atoms with Gasteiger partial charge < -0.3 is 40.3 Å². The number of nitrogens with one attached hydrogen (secondary N) is 5. The van der Waals surface area contributed by atoms with E-state index in [1.807, 2.05) is 98.8 Å². The predicted molar refractivity (Wildman–Crippen MR) is 233 cm³/mol. The maximum Gasteiger partial charge on any atom is 0.407 e. The lowest BCUT2D eigenvalue weighted by atomic mass is 10.0. The summed E-state index contributed by atoms with van der Waals surface area (Å²) in [5.74, 6) is 7.12. The molecule has 4 atom stereocenters. The third-order valence-electron chi connectivity index (χ3n) is 10.7. The number of nitrogens with zero attached hydrogens (tertiary/aromatic N) is 3. The minimum atomic E-state index is -0.955. The van der Waals surface area contributed by atoms with Gasteiger partial charge in [-0.15, -0.1) is 0 Å². The molecule has 4 amide bonds. The number of aromatic nitrogens is 4. The first-order chi connectivity index (χ1) is 30.1. The molecular weight excluding hydrogens is 785 g/mol. The van der Waals surface area contributed by atoms with Crippen molar-refractivity contribution in [3.05, 3.63) is 155 Å². The van der Waals surface area contributed by atoms with Gasteiger partial charge in [0, 0.05) is 17.7 Å². The Morgan fingerprint density at radius 3 is 1.74 bits per heavy atom. The first-order valence-corrected chi connectivity index (χ1v) is 20.3. The van der Waals surface area contributed by atoms with Crippen molar-refractivity contribution in [3.8, 4) is 34.4 Å². The fourth-order valence-corrected chi connectivity index (χ4v) is 7.41. The highest BCUT2D eigenvalue weighted by Gasteiger charge is 2.37. The van der Waals surface area contributed by atoms with E-state index in [9.17, 15) is 19.2 Å². The van der Waals surface area contributed by atoms with Crippen LogP contribution in [0.3, 0.4) is 0 Å². The van der Waals surface area contributed by atoms with Crippen LogP contribution in [0.4, 0.5) is 9.59 Å². The fourth-order valence-electron chi connectivity index (χ4n) is 7.41. The van der Waals surface area contributed by atoms with Crippen molar-refractivity contribution in [2.45, 2.75) is 50.9 Å². The van der Waals surface area contributed by atoms with Gasteiger partial charge in [-0.05, 0) is 65.3 Å². The Balaban J connectivity index is 0.984. The van der Waals surface area contributed by atoms with Crippen molar-refractivity contribution in [2.24, 2.45) is 5.92 Å². The van der Waals surface area contributed by atoms with E-state index in [0.29, 0.717) is 29.3 Å². The molecule has 1 fully saturated rings. The van der Waals surface area contributed by atoms with E-state index in [-0.39, 0.29) is 17.9 Å². The summed E-state index contributed by atoms with van der Waals surface area (Å²) in [4.78, 5) is 69.6. The summed E-state index contributed by atoms with van der Waals surface area (Å²) in [6.07, 6.45) is 3.67. The number of ether oxygens (including phenoxy) is 2. The number of hydrogen-bond donors (Lipinski definition) is 5. The molecule has 0 aliphatic carbocycles. The monoisotopic (exact) mass is 832 g/mol. The highest BCUT2D eigenvalue weighted by molar-refractivity contribution is 5.88. The summed E-state index contributed by atoms with van der Waals surface area (Å²) in [5.41, 5.74) is 6.39. The minimum absolute atomic E-state index is 0.0193. The second kappa shape index (κ2) is 19.6. The van der Waals surface area contributed by atoms with Gasteiger partial charge in [0.25, 0.3) is 5.91 Å². The molecule has 14 nitrogen and oxygen atoms in total. The topological polar surface area (TPSA) is 183 Å². The van der Waals surface area contributed by atoms with Crippen LogP contribution in [0.5, 0.6) is 0 Å². The molecule has 62 heavy (non-hydrogen) atoms. The number of amides is 4. The second-order valence-corrected chi connectivity index (χ2v) is 15.1. The van der Waals surface area contributed by atoms with E-state index in [2.05, 4.69) is 47.7 Å². The number of aromatic amines is 2. The molecule has 0 radical (unpaired) electrons. The lowest BCUT2D eigenvalue weighted by molar-refractivity contribution is -0.134. The molecule has 4 aromatic carbocycles. The zero-order valence-corrected chi connectivity index (χ0v) is 34.8. The predicted octanol–water partition coefficient (Wildman–Crippen LogP) is 7.54. The molecule has 6 aromatic rings. The third kappa shape index (κ3) is 10.0. The van der Waals surface area contributed by atoms with Gasteiger partial charge in [-0.1, -0.05) is 111 Å². The van der Waals surface area contributed by atoms with Crippen LogP contribution in [-0.2, 0) is 19.1 Å². The quantitative estimate of drug-likeness (QED) is 0.0784. The Morgan fingerprint density at radius 2 is 1.19 bits per heavy atom. The van der Waals surface area contributed by atoms with Gasteiger partial charge in [0.2, 0.25) is 5.91 Å². The zero-order chi connectivity index (χ0) is 43.6. The molecule has 2 aromatic heterocycles. The molecular formula is C48H48N8O6. The van der Waals surface area contributed by atoms with Gasteiger partial charge in [-0.3, -0.25) is 9.59 Å². The molecule has 0 unspecified atom stereocenters. The van der Waals surface area contributed by atoms with E-state index in [1.165, 1.54) is 14.2 Å². The van der Waals surface area contributed by atoms with Crippen molar-refractivity contribution in [1.82, 2.24) is 40.8 Å². The SMILES string of the molecule is COC(=O)N[C@@H](C(=O)N[C@H](c1ncc(-c2ccc(C#Cc3ccc(-c4cnc([C@@H]5CCCN5C(=O)[C@H](NC(=O)OC)c5ccccc5)[nH]4)cc3)cc2)[nH]1)C(C)C)c1ccccc1. The number of likely N-dealkylation sites (tertiary alicyclic amines) is 1. The molecule has 7 rings (SSSR count). The highest BCUT2D eigenvalue weighted by Crippen LogP contribution is 2.34. The Morgan fingerprint density at radius 1 is 0.677 bits per heavy atom. The van der Waals surface area contributed by atoms with Crippen molar-refractivity contribution in [1.29, 1.82) is 0 Å². The van der Waals surface area contributed by atoms with Crippen molar-refractivity contribution in [2.75, 3.05) is 20.8 Å². The molecule has 1 saturated heterocycles. The van der Waals surface area contributed by atoms with Gasteiger partial charge in [0.15, 0.2) is 0 Å². The molecule has 1 aliphatic rings. The molecule has 0 saturated carbocycles. The van der Waals surface area contributed by atoms with Gasteiger partial charge >= 0.3 is 12.2 Å². The highest BCUT2D eigenvalue weighted by atomic mass is 16.5. The van der Waals surface area contributed by atoms with Gasteiger partial charge in [-0.25, -0.2) is 19.6 Å². The van der Waals surface area contributed by atoms with Crippen LogP contribution in [0.1, 0.15) is 84.8 Å². The van der Waals surface area contributed by atoms with E-state index in [4.69, 9.17) is 9.47 Å². The Hall–Kier alpha value is -7.66. The van der Waals surface area contributed by atoms with Crippen LogP contribution in [0.25, 0.3) is 22.5 Å². The van der Waals surface area contributed by atoms with Crippen molar-refractivity contribution < 1.29 is 28.7 Å². The van der Waals surface area contributed by atoms with E-state index in [0.717, 1.165) is 46.5 Å². The average molecular weight is 833 g/mol. The lowest BCUT2D eigenvalue weighted by Gasteiger charge is -2.28. The summed E-state index contributed by atoms with van der Waals surface area (Å²) in [7, 11) is 2.53. The largest absolute Gasteiger partial charge is 0.453 e. The van der Waals surface area contributed by atoms with Crippen LogP contribution in [0.2, 0.25) is 0 Å². The standard InChI is InChI=1S/C48H48N8O6/c1-30(2)40(53-45(57)41(54-47(59)61-3)35-12-7-5-8-13-35)44-50-29-38(52-44)34-25-21-32(22-26-34)18-17-31-19-23-33(24-20-31)37-28-49-43(51-37)39-16-11-27-56(39)46(58)42(55-48(60)62-4)36-14-9-6-10-15-36/h5-10,12-15,19-26,28-30,39-42H,11,16,27H2,1-4H3,(H,49,51)(H,50,52)(H,53,57)(H,54,59)(H,55,60)/t39-,40-,41+,42+/m0/s1.